The molecule has 1 saturated heterocycles. The highest BCUT2D eigenvalue weighted by Crippen LogP contribution is 2.45. The summed E-state index contributed by atoms with van der Waals surface area (Å²) in [6.07, 6.45) is 4.79. The largest absolute Gasteiger partial charge is 0.392 e. The zero-order valence-corrected chi connectivity index (χ0v) is 14.2. The molecule has 1 spiro atoms. The number of piperidine rings is 1. The zero-order valence-electron chi connectivity index (χ0n) is 14.2. The lowest BCUT2D eigenvalue weighted by molar-refractivity contribution is -0.00532. The molecular weight excluding hydrogens is 288 g/mol. The lowest BCUT2D eigenvalue weighted by atomic mass is 9.76. The predicted molar refractivity (Wildman–Crippen MR) is 92.6 cm³/mol. The molecule has 2 N–H and O–H groups in total. The molecule has 126 valence electrons. The van der Waals surface area contributed by atoms with E-state index >= 15 is 0 Å². The van der Waals surface area contributed by atoms with Crippen LogP contribution >= 0.6 is 0 Å². The van der Waals surface area contributed by atoms with Crippen molar-refractivity contribution < 1.29 is 9.90 Å². The normalized spacial score (nSPS) is 27.7. The summed E-state index contributed by atoms with van der Waals surface area (Å²) in [5.74, 6) is 0.0897. The van der Waals surface area contributed by atoms with Gasteiger partial charge in [0.1, 0.15) is 0 Å². The number of likely N-dealkylation sites (tertiary alicyclic amines) is 1. The first-order chi connectivity index (χ1) is 11.0. The van der Waals surface area contributed by atoms with E-state index in [1.54, 1.807) is 0 Å². The Hall–Kier alpha value is -1.55. The van der Waals surface area contributed by atoms with E-state index in [1.807, 2.05) is 29.2 Å². The van der Waals surface area contributed by atoms with E-state index < -0.39 is 0 Å². The molecule has 2 fully saturated rings. The number of carbonyl (C=O) groups is 1. The van der Waals surface area contributed by atoms with Gasteiger partial charge in [0.25, 0.3) is 5.91 Å². The number of hydrogen-bond donors (Lipinski definition) is 2. The average Bonchev–Trinajstić information content (AvgIpc) is 2.87. The number of rotatable bonds is 3. The third-order valence-corrected chi connectivity index (χ3v) is 5.36. The number of aliphatic hydroxyl groups excluding tert-OH is 1. The average molecular weight is 316 g/mol. The number of carbonyl (C=O) groups excluding carboxylic acids is 1. The monoisotopic (exact) mass is 316 g/mol. The van der Waals surface area contributed by atoms with E-state index in [0.29, 0.717) is 6.54 Å². The van der Waals surface area contributed by atoms with Crippen LogP contribution in [0.2, 0.25) is 0 Å². The highest BCUT2D eigenvalue weighted by Gasteiger charge is 2.45. The fourth-order valence-corrected chi connectivity index (χ4v) is 4.21. The molecule has 0 bridgehead atoms. The van der Waals surface area contributed by atoms with Crippen LogP contribution in [-0.2, 0) is 0 Å². The van der Waals surface area contributed by atoms with Crippen molar-refractivity contribution in [2.24, 2.45) is 5.41 Å². The van der Waals surface area contributed by atoms with E-state index in [-0.39, 0.29) is 23.5 Å². The molecule has 0 unspecified atom stereocenters. The molecule has 2 atom stereocenters. The highest BCUT2D eigenvalue weighted by atomic mass is 16.3. The number of aliphatic hydroxyl groups is 1. The Morgan fingerprint density at radius 1 is 1.30 bits per heavy atom. The molecule has 2 aliphatic rings. The molecule has 1 aromatic rings. The SMILES string of the molecule is CC(C)Nc1ccccc1C(=O)N1CCC[C@@]2(CCC[C@H]2O)C1. The second-order valence-electron chi connectivity index (χ2n) is 7.45. The second-order valence-corrected chi connectivity index (χ2v) is 7.45. The topological polar surface area (TPSA) is 52.6 Å². The van der Waals surface area contributed by atoms with Crippen LogP contribution in [0.1, 0.15) is 56.3 Å². The van der Waals surface area contributed by atoms with Gasteiger partial charge in [0, 0.05) is 30.2 Å². The minimum atomic E-state index is -0.248. The molecule has 1 heterocycles. The minimum absolute atomic E-state index is 0.0612. The molecule has 1 aliphatic heterocycles. The van der Waals surface area contributed by atoms with Crippen LogP contribution in [0.25, 0.3) is 0 Å². The quantitative estimate of drug-likeness (QED) is 0.900. The Morgan fingerprint density at radius 3 is 2.74 bits per heavy atom. The van der Waals surface area contributed by atoms with Gasteiger partial charge in [-0.05, 0) is 51.7 Å². The van der Waals surface area contributed by atoms with Gasteiger partial charge < -0.3 is 15.3 Å². The zero-order chi connectivity index (χ0) is 16.4. The van der Waals surface area contributed by atoms with Gasteiger partial charge in [-0.2, -0.15) is 0 Å². The maximum Gasteiger partial charge on any atom is 0.255 e. The smallest absolute Gasteiger partial charge is 0.255 e. The molecule has 1 aliphatic carbocycles. The Bertz CT molecular complexity index is 572. The van der Waals surface area contributed by atoms with Crippen LogP contribution in [0, 0.1) is 5.41 Å². The first-order valence-corrected chi connectivity index (χ1v) is 8.85. The van der Waals surface area contributed by atoms with Gasteiger partial charge in [-0.1, -0.05) is 18.6 Å². The Morgan fingerprint density at radius 2 is 2.04 bits per heavy atom. The molecule has 0 aromatic heterocycles. The Balaban J connectivity index is 1.80. The van der Waals surface area contributed by atoms with Gasteiger partial charge in [0.05, 0.1) is 11.7 Å². The predicted octanol–water partition coefficient (Wildman–Crippen LogP) is 3.27. The highest BCUT2D eigenvalue weighted by molar-refractivity contribution is 5.99. The molecular formula is C19H28N2O2. The summed E-state index contributed by atoms with van der Waals surface area (Å²) < 4.78 is 0. The summed E-state index contributed by atoms with van der Waals surface area (Å²) >= 11 is 0. The van der Waals surface area contributed by atoms with E-state index in [9.17, 15) is 9.90 Å². The van der Waals surface area contributed by atoms with Crippen molar-refractivity contribution in [1.29, 1.82) is 0 Å². The lowest BCUT2D eigenvalue weighted by Gasteiger charge is -2.42. The van der Waals surface area contributed by atoms with Crippen LogP contribution in [0.4, 0.5) is 5.69 Å². The summed E-state index contributed by atoms with van der Waals surface area (Å²) in [5, 5.41) is 13.8. The second kappa shape index (κ2) is 6.52. The van der Waals surface area contributed by atoms with Gasteiger partial charge >= 0.3 is 0 Å². The number of benzene rings is 1. The number of amides is 1. The van der Waals surface area contributed by atoms with Crippen molar-refractivity contribution in [3.63, 3.8) is 0 Å². The molecule has 23 heavy (non-hydrogen) atoms. The molecule has 1 saturated carbocycles. The van der Waals surface area contributed by atoms with Crippen molar-refractivity contribution in [3.8, 4) is 0 Å². The van der Waals surface area contributed by atoms with Crippen LogP contribution in [0.5, 0.6) is 0 Å². The standard InChI is InChI=1S/C19H28N2O2/c1-14(2)20-16-8-4-3-7-15(16)18(23)21-12-6-11-19(13-21)10-5-9-17(19)22/h3-4,7-8,14,17,20,22H,5-6,9-13H2,1-2H3/t17-,19+/m1/s1. The van der Waals surface area contributed by atoms with Crippen molar-refractivity contribution in [1.82, 2.24) is 4.90 Å². The fourth-order valence-electron chi connectivity index (χ4n) is 4.21. The number of anilines is 1. The van der Waals surface area contributed by atoms with Gasteiger partial charge in [-0.25, -0.2) is 0 Å². The maximum atomic E-state index is 13.1. The molecule has 0 radical (unpaired) electrons. The van der Waals surface area contributed by atoms with Crippen LogP contribution in [0.3, 0.4) is 0 Å². The first-order valence-electron chi connectivity index (χ1n) is 8.85. The van der Waals surface area contributed by atoms with Crippen LogP contribution in [-0.4, -0.2) is 41.1 Å². The van der Waals surface area contributed by atoms with E-state index in [2.05, 4.69) is 19.2 Å². The van der Waals surface area contributed by atoms with Crippen molar-refractivity contribution in [3.05, 3.63) is 29.8 Å². The Kier molecular flexibility index (Phi) is 4.62. The molecule has 1 amide bonds. The molecule has 4 heteroatoms. The van der Waals surface area contributed by atoms with Crippen LogP contribution in [0.15, 0.2) is 24.3 Å². The number of nitrogens with zero attached hydrogens (tertiary/aromatic N) is 1. The van der Waals surface area contributed by atoms with E-state index in [0.717, 1.165) is 49.9 Å². The summed E-state index contributed by atoms with van der Waals surface area (Å²) in [7, 11) is 0. The van der Waals surface area contributed by atoms with Gasteiger partial charge in [-0.3, -0.25) is 4.79 Å². The van der Waals surface area contributed by atoms with Crippen molar-refractivity contribution in [2.45, 2.75) is 58.1 Å². The number of nitrogens with one attached hydrogen (secondary N) is 1. The maximum absolute atomic E-state index is 13.1. The van der Waals surface area contributed by atoms with Gasteiger partial charge in [0.2, 0.25) is 0 Å². The summed E-state index contributed by atoms with van der Waals surface area (Å²) in [4.78, 5) is 15.0. The lowest BCUT2D eigenvalue weighted by Crippen LogP contribution is -2.49. The molecule has 1 aromatic carbocycles. The molecule has 3 rings (SSSR count). The Labute approximate surface area is 138 Å². The van der Waals surface area contributed by atoms with E-state index in [4.69, 9.17) is 0 Å². The number of para-hydroxylation sites is 1. The third kappa shape index (κ3) is 3.23. The van der Waals surface area contributed by atoms with Gasteiger partial charge in [0.15, 0.2) is 0 Å². The van der Waals surface area contributed by atoms with E-state index in [1.165, 1.54) is 0 Å². The van der Waals surface area contributed by atoms with Gasteiger partial charge in [-0.15, -0.1) is 0 Å². The van der Waals surface area contributed by atoms with Crippen molar-refractivity contribution in [2.75, 3.05) is 18.4 Å². The van der Waals surface area contributed by atoms with Crippen molar-refractivity contribution >= 4 is 11.6 Å². The van der Waals surface area contributed by atoms with Crippen LogP contribution < -0.4 is 5.32 Å². The first kappa shape index (κ1) is 16.3. The molecule has 4 nitrogen and oxygen atoms in total. The number of hydrogen-bond acceptors (Lipinski definition) is 3. The third-order valence-electron chi connectivity index (χ3n) is 5.36. The summed E-state index contributed by atoms with van der Waals surface area (Å²) in [5.41, 5.74) is 1.58. The fraction of sp³-hybridized carbons (Fsp3) is 0.632. The summed E-state index contributed by atoms with van der Waals surface area (Å²) in [6, 6.07) is 8.04. The summed E-state index contributed by atoms with van der Waals surface area (Å²) in [6.45, 7) is 5.64. The minimum Gasteiger partial charge on any atom is -0.392 e.